The van der Waals surface area contributed by atoms with Gasteiger partial charge in [-0.05, 0) is 31.7 Å². The molecular weight excluding hydrogens is 362 g/mol. The van der Waals surface area contributed by atoms with Crippen LogP contribution in [0.25, 0.3) is 0 Å². The average Bonchev–Trinajstić information content (AvgIpc) is 2.71. The number of carbonyl (C=O) groups is 1. The SMILES string of the molecule is CCCCCCCCCCOc1cccc(CCCCCCCCCC(=O)O)n1. The van der Waals surface area contributed by atoms with Crippen molar-refractivity contribution in [2.45, 2.75) is 116 Å². The maximum absolute atomic E-state index is 10.5. The highest BCUT2D eigenvalue weighted by atomic mass is 16.5. The van der Waals surface area contributed by atoms with Crippen molar-refractivity contribution in [1.82, 2.24) is 4.98 Å². The van der Waals surface area contributed by atoms with Crippen molar-refractivity contribution >= 4 is 5.97 Å². The van der Waals surface area contributed by atoms with Crippen molar-refractivity contribution in [2.24, 2.45) is 0 Å². The van der Waals surface area contributed by atoms with E-state index in [0.29, 0.717) is 6.42 Å². The number of aromatic nitrogens is 1. The number of hydrogen-bond acceptors (Lipinski definition) is 3. The minimum absolute atomic E-state index is 0.309. The maximum Gasteiger partial charge on any atom is 0.303 e. The number of carboxylic acid groups (broad SMARTS) is 1. The lowest BCUT2D eigenvalue weighted by molar-refractivity contribution is -0.137. The van der Waals surface area contributed by atoms with Crippen LogP contribution in [0.4, 0.5) is 0 Å². The van der Waals surface area contributed by atoms with Gasteiger partial charge < -0.3 is 9.84 Å². The number of hydrogen-bond donors (Lipinski definition) is 1. The predicted molar refractivity (Wildman–Crippen MR) is 121 cm³/mol. The van der Waals surface area contributed by atoms with E-state index in [2.05, 4.69) is 18.0 Å². The molecule has 0 fully saturated rings. The quantitative estimate of drug-likeness (QED) is 0.230. The van der Waals surface area contributed by atoms with Gasteiger partial charge in [-0.1, -0.05) is 90.0 Å². The molecular formula is C25H43NO3. The van der Waals surface area contributed by atoms with Gasteiger partial charge in [0, 0.05) is 18.2 Å². The monoisotopic (exact) mass is 405 g/mol. The molecule has 1 N–H and O–H groups in total. The topological polar surface area (TPSA) is 59.4 Å². The Hall–Kier alpha value is -1.58. The molecule has 0 saturated carbocycles. The summed E-state index contributed by atoms with van der Waals surface area (Å²) >= 11 is 0. The van der Waals surface area contributed by atoms with E-state index in [4.69, 9.17) is 9.84 Å². The van der Waals surface area contributed by atoms with Crippen LogP contribution in [0.3, 0.4) is 0 Å². The normalized spacial score (nSPS) is 10.9. The van der Waals surface area contributed by atoms with Crippen LogP contribution >= 0.6 is 0 Å². The van der Waals surface area contributed by atoms with Crippen molar-refractivity contribution in [1.29, 1.82) is 0 Å². The Morgan fingerprint density at radius 1 is 0.828 bits per heavy atom. The van der Waals surface area contributed by atoms with E-state index in [9.17, 15) is 4.79 Å². The molecule has 0 amide bonds. The van der Waals surface area contributed by atoms with Gasteiger partial charge in [0.15, 0.2) is 0 Å². The molecule has 29 heavy (non-hydrogen) atoms. The Morgan fingerprint density at radius 2 is 1.41 bits per heavy atom. The Kier molecular flexibility index (Phi) is 16.2. The first-order valence-corrected chi connectivity index (χ1v) is 12.0. The third kappa shape index (κ3) is 16.0. The lowest BCUT2D eigenvalue weighted by atomic mass is 10.1. The molecule has 0 saturated heterocycles. The van der Waals surface area contributed by atoms with Crippen LogP contribution < -0.4 is 4.74 Å². The molecule has 0 unspecified atom stereocenters. The highest BCUT2D eigenvalue weighted by Gasteiger charge is 2.01. The van der Waals surface area contributed by atoms with Crippen LogP contribution in [-0.2, 0) is 11.2 Å². The number of pyridine rings is 1. The van der Waals surface area contributed by atoms with Gasteiger partial charge in [-0.15, -0.1) is 0 Å². The number of rotatable bonds is 20. The Balaban J connectivity index is 2.00. The first-order chi connectivity index (χ1) is 14.2. The van der Waals surface area contributed by atoms with Crippen LogP contribution in [0.15, 0.2) is 18.2 Å². The predicted octanol–water partition coefficient (Wildman–Crippen LogP) is 7.35. The zero-order chi connectivity index (χ0) is 21.0. The molecule has 1 aromatic rings. The first kappa shape index (κ1) is 25.5. The zero-order valence-electron chi connectivity index (χ0n) is 18.7. The van der Waals surface area contributed by atoms with E-state index >= 15 is 0 Å². The molecule has 0 spiro atoms. The molecule has 166 valence electrons. The minimum atomic E-state index is -0.679. The lowest BCUT2D eigenvalue weighted by Gasteiger charge is -2.07. The van der Waals surface area contributed by atoms with Gasteiger partial charge in [-0.3, -0.25) is 4.79 Å². The number of carboxylic acids is 1. The molecule has 4 heteroatoms. The molecule has 0 aliphatic carbocycles. The van der Waals surface area contributed by atoms with Crippen molar-refractivity contribution in [2.75, 3.05) is 6.61 Å². The Morgan fingerprint density at radius 3 is 2.07 bits per heavy atom. The fraction of sp³-hybridized carbons (Fsp3) is 0.760. The van der Waals surface area contributed by atoms with Crippen molar-refractivity contribution < 1.29 is 14.6 Å². The summed E-state index contributed by atoms with van der Waals surface area (Å²) in [6, 6.07) is 6.11. The number of aryl methyl sites for hydroxylation is 1. The van der Waals surface area contributed by atoms with E-state index in [1.807, 2.05) is 12.1 Å². The molecule has 1 rings (SSSR count). The van der Waals surface area contributed by atoms with Gasteiger partial charge >= 0.3 is 5.97 Å². The van der Waals surface area contributed by atoms with E-state index in [0.717, 1.165) is 56.7 Å². The molecule has 0 aliphatic heterocycles. The molecule has 0 aromatic carbocycles. The van der Waals surface area contributed by atoms with Crippen molar-refractivity contribution in [3.05, 3.63) is 23.9 Å². The lowest BCUT2D eigenvalue weighted by Crippen LogP contribution is -2.01. The summed E-state index contributed by atoms with van der Waals surface area (Å²) in [5.74, 6) is 0.0883. The number of unbranched alkanes of at least 4 members (excludes halogenated alkanes) is 13. The fourth-order valence-electron chi connectivity index (χ4n) is 3.56. The second-order valence-electron chi connectivity index (χ2n) is 8.16. The third-order valence-corrected chi connectivity index (χ3v) is 5.35. The minimum Gasteiger partial charge on any atom is -0.481 e. The van der Waals surface area contributed by atoms with Gasteiger partial charge in [-0.25, -0.2) is 4.98 Å². The standard InChI is InChI=1S/C25H43NO3/c1-2-3-4-5-6-10-13-16-22-29-24-20-17-19-23(26-24)18-14-11-8-7-9-12-15-21-25(27)28/h17,19-20H,2-16,18,21-22H2,1H3,(H,27,28). The van der Waals surface area contributed by atoms with E-state index in [-0.39, 0.29) is 0 Å². The van der Waals surface area contributed by atoms with Crippen LogP contribution in [0, 0.1) is 0 Å². The summed E-state index contributed by atoms with van der Waals surface area (Å²) in [7, 11) is 0. The molecule has 0 atom stereocenters. The van der Waals surface area contributed by atoms with Gasteiger partial charge in [-0.2, -0.15) is 0 Å². The fourth-order valence-corrected chi connectivity index (χ4v) is 3.56. The van der Waals surface area contributed by atoms with Gasteiger partial charge in [0.25, 0.3) is 0 Å². The number of aliphatic carboxylic acids is 1. The molecule has 0 aliphatic rings. The van der Waals surface area contributed by atoms with Crippen molar-refractivity contribution in [3.8, 4) is 5.88 Å². The van der Waals surface area contributed by atoms with Crippen LogP contribution in [-0.4, -0.2) is 22.7 Å². The first-order valence-electron chi connectivity index (χ1n) is 12.0. The van der Waals surface area contributed by atoms with E-state index in [1.165, 1.54) is 64.2 Å². The van der Waals surface area contributed by atoms with E-state index < -0.39 is 5.97 Å². The smallest absolute Gasteiger partial charge is 0.303 e. The highest BCUT2D eigenvalue weighted by Crippen LogP contribution is 2.14. The van der Waals surface area contributed by atoms with Crippen LogP contribution in [0.5, 0.6) is 5.88 Å². The van der Waals surface area contributed by atoms with Gasteiger partial charge in [0.1, 0.15) is 0 Å². The summed E-state index contributed by atoms with van der Waals surface area (Å²) in [6.45, 7) is 3.03. The molecule has 0 radical (unpaired) electrons. The van der Waals surface area contributed by atoms with Crippen LogP contribution in [0.1, 0.15) is 115 Å². The second kappa shape index (κ2) is 18.4. The second-order valence-corrected chi connectivity index (χ2v) is 8.16. The average molecular weight is 406 g/mol. The van der Waals surface area contributed by atoms with Crippen molar-refractivity contribution in [3.63, 3.8) is 0 Å². The summed E-state index contributed by atoms with van der Waals surface area (Å²) in [6.07, 6.45) is 19.6. The van der Waals surface area contributed by atoms with Crippen LogP contribution in [0.2, 0.25) is 0 Å². The third-order valence-electron chi connectivity index (χ3n) is 5.35. The summed E-state index contributed by atoms with van der Waals surface area (Å²) in [4.78, 5) is 15.1. The molecule has 4 nitrogen and oxygen atoms in total. The Labute approximate surface area is 178 Å². The number of ether oxygens (including phenoxy) is 1. The highest BCUT2D eigenvalue weighted by molar-refractivity contribution is 5.66. The summed E-state index contributed by atoms with van der Waals surface area (Å²) in [5.41, 5.74) is 1.12. The maximum atomic E-state index is 10.5. The Bertz CT molecular complexity index is 519. The number of nitrogens with zero attached hydrogens (tertiary/aromatic N) is 1. The molecule has 1 aromatic heterocycles. The largest absolute Gasteiger partial charge is 0.481 e. The summed E-state index contributed by atoms with van der Waals surface area (Å²) < 4.78 is 5.84. The van der Waals surface area contributed by atoms with Gasteiger partial charge in [0.2, 0.25) is 5.88 Å². The zero-order valence-corrected chi connectivity index (χ0v) is 18.7. The molecule has 0 bridgehead atoms. The molecule has 1 heterocycles. The van der Waals surface area contributed by atoms with Gasteiger partial charge in [0.05, 0.1) is 6.61 Å². The van der Waals surface area contributed by atoms with E-state index in [1.54, 1.807) is 0 Å². The summed E-state index contributed by atoms with van der Waals surface area (Å²) in [5, 5.41) is 8.61.